The summed E-state index contributed by atoms with van der Waals surface area (Å²) in [4.78, 5) is 11.4. The van der Waals surface area contributed by atoms with E-state index in [1.54, 1.807) is 12.4 Å². The van der Waals surface area contributed by atoms with Crippen LogP contribution in [-0.2, 0) is 6.54 Å². The van der Waals surface area contributed by atoms with E-state index in [-0.39, 0.29) is 11.0 Å². The third-order valence-corrected chi connectivity index (χ3v) is 2.89. The number of nitrogens with zero attached hydrogens (tertiary/aromatic N) is 2. The number of hydrogen-bond donors (Lipinski definition) is 0. The van der Waals surface area contributed by atoms with Gasteiger partial charge in [0.25, 0.3) is 0 Å². The van der Waals surface area contributed by atoms with Crippen LogP contribution in [0.25, 0.3) is 0 Å². The standard InChI is InChI=1S/C10H9BrN2O/c11-9-6-13(4-7-1-2-7)5-8(3-12)10(9)14/h5-7H,1-2,4H2. The van der Waals surface area contributed by atoms with Gasteiger partial charge in [0.15, 0.2) is 0 Å². The highest BCUT2D eigenvalue weighted by Gasteiger charge is 2.21. The Hall–Kier alpha value is -1.08. The minimum Gasteiger partial charge on any atom is -0.351 e. The van der Waals surface area contributed by atoms with Gasteiger partial charge >= 0.3 is 0 Å². The lowest BCUT2D eigenvalue weighted by molar-refractivity contribution is 0.620. The molecule has 0 amide bonds. The summed E-state index contributed by atoms with van der Waals surface area (Å²) in [5.74, 6) is 0.732. The molecule has 1 aliphatic rings. The van der Waals surface area contributed by atoms with Crippen LogP contribution in [0.15, 0.2) is 21.7 Å². The molecule has 1 aliphatic carbocycles. The summed E-state index contributed by atoms with van der Waals surface area (Å²) in [5, 5.41) is 8.73. The summed E-state index contributed by atoms with van der Waals surface area (Å²) in [6, 6.07) is 1.91. The van der Waals surface area contributed by atoms with Gasteiger partial charge in [-0.2, -0.15) is 5.26 Å². The van der Waals surface area contributed by atoms with Gasteiger partial charge in [0.1, 0.15) is 11.6 Å². The first-order valence-electron chi connectivity index (χ1n) is 4.50. The Bertz CT molecular complexity index is 454. The molecule has 0 saturated heterocycles. The minimum absolute atomic E-state index is 0.208. The van der Waals surface area contributed by atoms with Crippen LogP contribution in [-0.4, -0.2) is 4.57 Å². The second kappa shape index (κ2) is 3.58. The van der Waals surface area contributed by atoms with Crippen molar-refractivity contribution < 1.29 is 0 Å². The summed E-state index contributed by atoms with van der Waals surface area (Å²) in [6.07, 6.45) is 5.89. The van der Waals surface area contributed by atoms with Crippen LogP contribution in [0.1, 0.15) is 18.4 Å². The molecule has 0 spiro atoms. The van der Waals surface area contributed by atoms with Crippen molar-refractivity contribution in [2.24, 2.45) is 5.92 Å². The lowest BCUT2D eigenvalue weighted by atomic mass is 10.3. The van der Waals surface area contributed by atoms with E-state index >= 15 is 0 Å². The SMILES string of the molecule is N#Cc1cn(CC2CC2)cc(Br)c1=O. The monoisotopic (exact) mass is 252 g/mol. The first kappa shape index (κ1) is 9.47. The van der Waals surface area contributed by atoms with Gasteiger partial charge in [-0.15, -0.1) is 0 Å². The van der Waals surface area contributed by atoms with E-state index in [1.807, 2.05) is 10.6 Å². The van der Waals surface area contributed by atoms with Crippen molar-refractivity contribution in [3.63, 3.8) is 0 Å². The molecule has 0 aliphatic heterocycles. The van der Waals surface area contributed by atoms with E-state index in [0.717, 1.165) is 12.5 Å². The molecule has 4 heteroatoms. The molecular weight excluding hydrogens is 244 g/mol. The van der Waals surface area contributed by atoms with Crippen LogP contribution in [0, 0.1) is 17.2 Å². The largest absolute Gasteiger partial charge is 0.351 e. The third-order valence-electron chi connectivity index (χ3n) is 2.32. The van der Waals surface area contributed by atoms with E-state index in [9.17, 15) is 4.79 Å². The molecule has 72 valence electrons. The summed E-state index contributed by atoms with van der Waals surface area (Å²) in [6.45, 7) is 0.910. The van der Waals surface area contributed by atoms with Crippen LogP contribution in [0.4, 0.5) is 0 Å². The van der Waals surface area contributed by atoms with Crippen molar-refractivity contribution in [3.8, 4) is 6.07 Å². The smallest absolute Gasteiger partial charge is 0.213 e. The molecule has 1 fully saturated rings. The molecule has 0 unspecified atom stereocenters. The van der Waals surface area contributed by atoms with E-state index in [0.29, 0.717) is 4.47 Å². The van der Waals surface area contributed by atoms with Crippen molar-refractivity contribution in [2.45, 2.75) is 19.4 Å². The fourth-order valence-electron chi connectivity index (χ4n) is 1.38. The average molecular weight is 253 g/mol. The molecule has 1 saturated carbocycles. The third kappa shape index (κ3) is 1.88. The van der Waals surface area contributed by atoms with Gasteiger partial charge in [-0.25, -0.2) is 0 Å². The number of aromatic nitrogens is 1. The molecular formula is C10H9BrN2O. The number of rotatable bonds is 2. The second-order valence-electron chi connectivity index (χ2n) is 3.60. The molecule has 1 heterocycles. The van der Waals surface area contributed by atoms with Crippen molar-refractivity contribution in [1.82, 2.24) is 4.57 Å². The minimum atomic E-state index is -0.223. The Morgan fingerprint density at radius 2 is 2.29 bits per heavy atom. The van der Waals surface area contributed by atoms with Gasteiger partial charge in [0.05, 0.1) is 4.47 Å². The molecule has 0 bridgehead atoms. The van der Waals surface area contributed by atoms with E-state index in [2.05, 4.69) is 15.9 Å². The fraction of sp³-hybridized carbons (Fsp3) is 0.400. The molecule has 3 nitrogen and oxygen atoms in total. The first-order valence-corrected chi connectivity index (χ1v) is 5.29. The molecule has 1 aromatic heterocycles. The number of hydrogen-bond acceptors (Lipinski definition) is 2. The molecule has 0 radical (unpaired) electrons. The van der Waals surface area contributed by atoms with Crippen LogP contribution in [0.3, 0.4) is 0 Å². The summed E-state index contributed by atoms with van der Waals surface area (Å²) in [5.41, 5.74) is -0.0143. The van der Waals surface area contributed by atoms with Crippen LogP contribution >= 0.6 is 15.9 Å². The molecule has 0 atom stereocenters. The molecule has 0 N–H and O–H groups in total. The summed E-state index contributed by atoms with van der Waals surface area (Å²) < 4.78 is 2.39. The normalized spacial score (nSPS) is 15.1. The highest BCUT2D eigenvalue weighted by Crippen LogP contribution is 2.30. The molecule has 14 heavy (non-hydrogen) atoms. The summed E-state index contributed by atoms with van der Waals surface area (Å²) in [7, 11) is 0. The van der Waals surface area contributed by atoms with Gasteiger partial charge in [-0.1, -0.05) is 0 Å². The second-order valence-corrected chi connectivity index (χ2v) is 4.46. The Balaban J connectivity index is 2.38. The molecule has 0 aromatic carbocycles. The summed E-state index contributed by atoms with van der Waals surface area (Å²) >= 11 is 3.16. The van der Waals surface area contributed by atoms with Gasteiger partial charge < -0.3 is 4.57 Å². The van der Waals surface area contributed by atoms with Crippen LogP contribution in [0.5, 0.6) is 0 Å². The maximum absolute atomic E-state index is 11.4. The zero-order chi connectivity index (χ0) is 10.1. The number of nitriles is 1. The predicted octanol–water partition coefficient (Wildman–Crippen LogP) is 1.89. The van der Waals surface area contributed by atoms with E-state index in [4.69, 9.17) is 5.26 Å². The quantitative estimate of drug-likeness (QED) is 0.807. The maximum Gasteiger partial charge on any atom is 0.213 e. The Labute approximate surface area is 90.1 Å². The number of pyridine rings is 1. The molecule has 1 aromatic rings. The maximum atomic E-state index is 11.4. The zero-order valence-electron chi connectivity index (χ0n) is 7.53. The van der Waals surface area contributed by atoms with Gasteiger partial charge in [0.2, 0.25) is 5.43 Å². The van der Waals surface area contributed by atoms with Crippen LogP contribution in [0.2, 0.25) is 0 Å². The highest BCUT2D eigenvalue weighted by atomic mass is 79.9. The van der Waals surface area contributed by atoms with Crippen molar-refractivity contribution in [2.75, 3.05) is 0 Å². The Morgan fingerprint density at radius 1 is 1.57 bits per heavy atom. The van der Waals surface area contributed by atoms with E-state index in [1.165, 1.54) is 12.8 Å². The zero-order valence-corrected chi connectivity index (χ0v) is 9.12. The Kier molecular flexibility index (Phi) is 2.42. The first-order chi connectivity index (χ1) is 6.70. The van der Waals surface area contributed by atoms with Crippen molar-refractivity contribution >= 4 is 15.9 Å². The lowest BCUT2D eigenvalue weighted by Crippen LogP contribution is -2.12. The van der Waals surface area contributed by atoms with Crippen molar-refractivity contribution in [1.29, 1.82) is 5.26 Å². The average Bonchev–Trinajstić information content (AvgIpc) is 2.95. The highest BCUT2D eigenvalue weighted by molar-refractivity contribution is 9.10. The van der Waals surface area contributed by atoms with Gasteiger partial charge in [0, 0.05) is 18.9 Å². The number of halogens is 1. The topological polar surface area (TPSA) is 45.8 Å². The van der Waals surface area contributed by atoms with Crippen LogP contribution < -0.4 is 5.43 Å². The van der Waals surface area contributed by atoms with Gasteiger partial charge in [-0.3, -0.25) is 4.79 Å². The molecule has 2 rings (SSSR count). The fourth-order valence-corrected chi connectivity index (χ4v) is 1.85. The van der Waals surface area contributed by atoms with Crippen molar-refractivity contribution in [3.05, 3.63) is 32.7 Å². The predicted molar refractivity (Wildman–Crippen MR) is 55.8 cm³/mol. The Morgan fingerprint density at radius 3 is 2.86 bits per heavy atom. The van der Waals surface area contributed by atoms with E-state index < -0.39 is 0 Å². The lowest BCUT2D eigenvalue weighted by Gasteiger charge is -2.05. The van der Waals surface area contributed by atoms with Gasteiger partial charge in [-0.05, 0) is 34.7 Å².